The van der Waals surface area contributed by atoms with Gasteiger partial charge < -0.3 is 31.6 Å². The maximum atomic E-state index is 14.9. The van der Waals surface area contributed by atoms with Crippen LogP contribution in [-0.2, 0) is 22.6 Å². The second-order valence-electron chi connectivity index (χ2n) is 18.2. The van der Waals surface area contributed by atoms with Crippen LogP contribution in [0.3, 0.4) is 0 Å². The number of aryl methyl sites for hydroxylation is 2. The van der Waals surface area contributed by atoms with Gasteiger partial charge in [-0.25, -0.2) is 18.1 Å². The molecule has 0 spiro atoms. The molecule has 14 nitrogen and oxygen atoms in total. The molecule has 2 fully saturated rings. The van der Waals surface area contributed by atoms with Crippen molar-refractivity contribution in [3.8, 4) is 11.4 Å². The van der Waals surface area contributed by atoms with Crippen molar-refractivity contribution < 1.29 is 27.8 Å². The first-order chi connectivity index (χ1) is 35.0. The molecular weight excluding hydrogens is 915 g/mol. The molecule has 0 radical (unpaired) electrons. The number of hydrogen-bond acceptors (Lipinski definition) is 10. The summed E-state index contributed by atoms with van der Waals surface area (Å²) in [5, 5.41) is 14.4. The molecule has 16 heteroatoms. The summed E-state index contributed by atoms with van der Waals surface area (Å²) in [5.74, 6) is -0.891. The van der Waals surface area contributed by atoms with Gasteiger partial charge in [0.05, 0.1) is 47.4 Å². The van der Waals surface area contributed by atoms with Crippen LogP contribution in [0.15, 0.2) is 146 Å². The fourth-order valence-corrected chi connectivity index (χ4v) is 8.19. The summed E-state index contributed by atoms with van der Waals surface area (Å²) in [6, 6.07) is 35.2. The van der Waals surface area contributed by atoms with Crippen molar-refractivity contribution in [3.63, 3.8) is 0 Å². The van der Waals surface area contributed by atoms with E-state index >= 15 is 0 Å². The Morgan fingerprint density at radius 1 is 0.583 bits per heavy atom. The molecule has 2 saturated carbocycles. The normalized spacial score (nSPS) is 14.0. The molecule has 4 heterocycles. The van der Waals surface area contributed by atoms with Crippen molar-refractivity contribution in [3.05, 3.63) is 214 Å². The lowest BCUT2D eigenvalue weighted by Gasteiger charge is -2.20. The highest BCUT2D eigenvalue weighted by molar-refractivity contribution is 6.04. The van der Waals surface area contributed by atoms with E-state index < -0.39 is 35.7 Å². The Hall–Kier alpha value is -7.76. The van der Waals surface area contributed by atoms with Crippen LogP contribution in [0.25, 0.3) is 11.4 Å². The van der Waals surface area contributed by atoms with Crippen molar-refractivity contribution >= 4 is 23.2 Å². The van der Waals surface area contributed by atoms with Gasteiger partial charge in [0, 0.05) is 49.0 Å². The Morgan fingerprint density at radius 3 is 1.39 bits per heavy atom. The summed E-state index contributed by atoms with van der Waals surface area (Å²) in [6.45, 7) is 5.59. The number of nitrogens with one attached hydrogen (secondary N) is 2. The van der Waals surface area contributed by atoms with E-state index in [-0.39, 0.29) is 11.4 Å². The highest BCUT2D eigenvalue weighted by Crippen LogP contribution is 2.36. The number of halogens is 2. The predicted octanol–water partition coefficient (Wildman–Crippen LogP) is 9.88. The van der Waals surface area contributed by atoms with E-state index in [1.54, 1.807) is 84.4 Å². The van der Waals surface area contributed by atoms with Gasteiger partial charge in [0.25, 0.3) is 11.8 Å². The van der Waals surface area contributed by atoms with Gasteiger partial charge >= 0.3 is 0 Å². The number of ether oxygens (including phenoxy) is 2. The van der Waals surface area contributed by atoms with Gasteiger partial charge in [-0.1, -0.05) is 48.5 Å². The Bertz CT molecular complexity index is 2950. The second-order valence-corrected chi connectivity index (χ2v) is 18.2. The Labute approximate surface area is 416 Å². The molecular formula is C56H56F2N10O4. The summed E-state index contributed by atoms with van der Waals surface area (Å²) in [6.07, 6.45) is 10.7. The lowest BCUT2D eigenvalue weighted by atomic mass is 10.0. The molecule has 2 amide bonds. The molecule has 10 rings (SSSR count). The Morgan fingerprint density at radius 2 is 1.01 bits per heavy atom. The van der Waals surface area contributed by atoms with Gasteiger partial charge in [-0.05, 0) is 146 Å². The Kier molecular flexibility index (Phi) is 15.4. The molecule has 368 valence electrons. The van der Waals surface area contributed by atoms with Crippen LogP contribution in [0.5, 0.6) is 0 Å². The van der Waals surface area contributed by atoms with Gasteiger partial charge in [0.15, 0.2) is 0 Å². The number of nitrogens with zero attached hydrogens (tertiary/aromatic N) is 6. The zero-order valence-corrected chi connectivity index (χ0v) is 40.0. The van der Waals surface area contributed by atoms with Crippen LogP contribution in [0, 0.1) is 37.3 Å². The molecule has 2 aliphatic carbocycles. The molecule has 2 unspecified atom stereocenters. The van der Waals surface area contributed by atoms with Crippen molar-refractivity contribution in [2.75, 3.05) is 23.8 Å². The number of pyridine rings is 2. The first-order valence-corrected chi connectivity index (χ1v) is 24.0. The van der Waals surface area contributed by atoms with Crippen LogP contribution >= 0.6 is 0 Å². The van der Waals surface area contributed by atoms with Crippen LogP contribution < -0.4 is 22.1 Å². The molecule has 0 bridgehead atoms. The minimum atomic E-state index is -0.535. The average Bonchev–Trinajstić information content (AvgIpc) is 4.34. The summed E-state index contributed by atoms with van der Waals surface area (Å²) in [4.78, 5) is 35.0. The van der Waals surface area contributed by atoms with Crippen LogP contribution in [0.2, 0.25) is 0 Å². The summed E-state index contributed by atoms with van der Waals surface area (Å²) in [7, 11) is 0. The van der Waals surface area contributed by atoms with Crippen molar-refractivity contribution in [2.24, 2.45) is 23.3 Å². The zero-order chi connectivity index (χ0) is 50.1. The van der Waals surface area contributed by atoms with E-state index in [4.69, 9.17) is 20.9 Å². The quantitative estimate of drug-likeness (QED) is 0.0644. The lowest BCUT2D eigenvalue weighted by Crippen LogP contribution is -2.18. The molecule has 2 atom stereocenters. The third kappa shape index (κ3) is 12.2. The average molecular weight is 971 g/mol. The van der Waals surface area contributed by atoms with E-state index in [1.165, 1.54) is 12.1 Å². The SMILES string of the molecule is Cc1cc(C(=O)Nc2cc(C(OCC3CC3)c3cccnc3)ccc2F)n(-c2cccc(CN)c2)n1.Cc1cc(C(=O)Nc2cc(C(OCC3CC3)c3cccnc3)ccc2F)n(-c2cccc(CN)c2)n1. The summed E-state index contributed by atoms with van der Waals surface area (Å²) >= 11 is 0. The zero-order valence-electron chi connectivity index (χ0n) is 40.0. The maximum Gasteiger partial charge on any atom is 0.274 e. The van der Waals surface area contributed by atoms with Crippen molar-refractivity contribution in [1.29, 1.82) is 0 Å². The number of aromatic nitrogens is 6. The van der Waals surface area contributed by atoms with E-state index in [2.05, 4.69) is 30.8 Å². The smallest absolute Gasteiger partial charge is 0.274 e. The second kappa shape index (κ2) is 22.5. The number of benzene rings is 4. The number of carbonyl (C=O) groups excluding carboxylic acids is 2. The van der Waals surface area contributed by atoms with Gasteiger partial charge in [0.1, 0.15) is 35.2 Å². The molecule has 4 aromatic heterocycles. The topological polar surface area (TPSA) is 190 Å². The minimum Gasteiger partial charge on any atom is -0.368 e. The molecule has 8 aromatic rings. The third-order valence-corrected chi connectivity index (χ3v) is 12.4. The summed E-state index contributed by atoms with van der Waals surface area (Å²) in [5.41, 5.74) is 20.1. The van der Waals surface area contributed by atoms with Gasteiger partial charge in [-0.2, -0.15) is 10.2 Å². The summed E-state index contributed by atoms with van der Waals surface area (Å²) < 4.78 is 45.3. The highest BCUT2D eigenvalue weighted by Gasteiger charge is 2.28. The molecule has 0 aliphatic heterocycles. The molecule has 0 saturated heterocycles. The first-order valence-electron chi connectivity index (χ1n) is 24.0. The fourth-order valence-electron chi connectivity index (χ4n) is 8.19. The monoisotopic (exact) mass is 970 g/mol. The van der Waals surface area contributed by atoms with Gasteiger partial charge in [-0.15, -0.1) is 0 Å². The number of rotatable bonds is 18. The molecule has 2 aliphatic rings. The van der Waals surface area contributed by atoms with E-state index in [0.29, 0.717) is 72.3 Å². The van der Waals surface area contributed by atoms with E-state index in [0.717, 1.165) is 59.1 Å². The molecule has 4 aromatic carbocycles. The van der Waals surface area contributed by atoms with Crippen LogP contribution in [-0.4, -0.2) is 54.6 Å². The standard InChI is InChI=1S/2C28H28FN5O2/c2*1-18-12-26(34(33-18)23-6-2-4-20(13-23)15-30)28(35)32-25-14-21(9-10-24(25)29)27(36-17-19-7-8-19)22-5-3-11-31-16-22/h2*2-6,9-14,16,19,27H,7-8,15,17,30H2,1H3,(H,32,35). The van der Waals surface area contributed by atoms with Crippen molar-refractivity contribution in [2.45, 2.75) is 64.8 Å². The predicted molar refractivity (Wildman–Crippen MR) is 271 cm³/mol. The minimum absolute atomic E-state index is 0.0718. The number of nitrogens with two attached hydrogens (primary N) is 2. The number of carbonyl (C=O) groups is 2. The molecule has 72 heavy (non-hydrogen) atoms. The van der Waals surface area contributed by atoms with Gasteiger partial charge in [-0.3, -0.25) is 19.6 Å². The van der Waals surface area contributed by atoms with Crippen molar-refractivity contribution in [1.82, 2.24) is 29.5 Å². The van der Waals surface area contributed by atoms with Crippen LogP contribution in [0.1, 0.15) is 104 Å². The fraction of sp³-hybridized carbons (Fsp3) is 0.250. The number of amides is 2. The van der Waals surface area contributed by atoms with Gasteiger partial charge in [0.2, 0.25) is 0 Å². The largest absolute Gasteiger partial charge is 0.368 e. The lowest BCUT2D eigenvalue weighted by molar-refractivity contribution is 0.0715. The third-order valence-electron chi connectivity index (χ3n) is 12.4. The van der Waals surface area contributed by atoms with E-state index in [1.807, 2.05) is 72.8 Å². The van der Waals surface area contributed by atoms with E-state index in [9.17, 15) is 18.4 Å². The Balaban J connectivity index is 0.000000178. The first kappa shape index (κ1) is 49.2. The number of anilines is 2. The maximum absolute atomic E-state index is 14.9. The number of hydrogen-bond donors (Lipinski definition) is 4. The highest BCUT2D eigenvalue weighted by atomic mass is 19.1. The molecule has 6 N–H and O–H groups in total. The van der Waals surface area contributed by atoms with Crippen LogP contribution in [0.4, 0.5) is 20.2 Å².